The molecular weight excluding hydrogens is 245 g/mol. The van der Waals surface area contributed by atoms with Gasteiger partial charge >= 0.3 is 5.97 Å². The molecule has 1 aromatic rings. The molecule has 0 saturated heterocycles. The van der Waals surface area contributed by atoms with Gasteiger partial charge in [-0.3, -0.25) is 0 Å². The van der Waals surface area contributed by atoms with Gasteiger partial charge in [0.15, 0.2) is 0 Å². The Morgan fingerprint density at radius 2 is 1.84 bits per heavy atom. The van der Waals surface area contributed by atoms with Gasteiger partial charge in [-0.25, -0.2) is 9.18 Å². The number of aromatic carboxylic acids is 1. The van der Waals surface area contributed by atoms with Crippen molar-refractivity contribution in [3.63, 3.8) is 0 Å². The number of rotatable bonds is 6. The van der Waals surface area contributed by atoms with E-state index in [2.05, 4.69) is 33.0 Å². The van der Waals surface area contributed by atoms with Crippen LogP contribution in [0.4, 0.5) is 10.1 Å². The van der Waals surface area contributed by atoms with Crippen molar-refractivity contribution in [1.82, 2.24) is 0 Å². The molecule has 0 amide bonds. The second kappa shape index (κ2) is 6.55. The Bertz CT molecular complexity index is 436. The van der Waals surface area contributed by atoms with Gasteiger partial charge in [-0.05, 0) is 36.0 Å². The molecule has 0 fully saturated rings. The smallest absolute Gasteiger partial charge is 0.337 e. The van der Waals surface area contributed by atoms with Crippen molar-refractivity contribution < 1.29 is 14.3 Å². The molecule has 0 spiro atoms. The van der Waals surface area contributed by atoms with Crippen molar-refractivity contribution in [3.8, 4) is 0 Å². The molecule has 0 atom stereocenters. The van der Waals surface area contributed by atoms with Crippen molar-refractivity contribution >= 4 is 11.7 Å². The predicted molar refractivity (Wildman–Crippen MR) is 75.0 cm³/mol. The third kappa shape index (κ3) is 4.23. The van der Waals surface area contributed by atoms with Crippen LogP contribution in [0.5, 0.6) is 0 Å². The van der Waals surface area contributed by atoms with Gasteiger partial charge in [-0.1, -0.05) is 27.7 Å². The van der Waals surface area contributed by atoms with Crippen LogP contribution < -0.4 is 5.32 Å². The van der Waals surface area contributed by atoms with Crippen LogP contribution in [0, 0.1) is 23.6 Å². The first-order valence-electron chi connectivity index (χ1n) is 6.59. The minimum Gasteiger partial charge on any atom is -0.478 e. The van der Waals surface area contributed by atoms with Gasteiger partial charge in [0.2, 0.25) is 0 Å². The first-order chi connectivity index (χ1) is 8.82. The van der Waals surface area contributed by atoms with Gasteiger partial charge in [-0.15, -0.1) is 0 Å². The van der Waals surface area contributed by atoms with E-state index >= 15 is 0 Å². The number of carboxylic acids is 1. The standard InChI is InChI=1S/C15H22FNO2/c1-9(2)13(10(3)4)8-17-14-6-5-11(16)7-12(14)15(18)19/h5-7,9-10,13,17H,8H2,1-4H3,(H,18,19). The monoisotopic (exact) mass is 267 g/mol. The zero-order chi connectivity index (χ0) is 14.6. The Morgan fingerprint density at radius 1 is 1.26 bits per heavy atom. The van der Waals surface area contributed by atoms with Crippen LogP contribution in [-0.4, -0.2) is 17.6 Å². The molecule has 0 aliphatic heterocycles. The molecule has 1 aromatic carbocycles. The Hall–Kier alpha value is -1.58. The molecule has 106 valence electrons. The molecule has 19 heavy (non-hydrogen) atoms. The van der Waals surface area contributed by atoms with E-state index in [1.54, 1.807) is 0 Å². The zero-order valence-electron chi connectivity index (χ0n) is 11.9. The summed E-state index contributed by atoms with van der Waals surface area (Å²) in [6, 6.07) is 3.80. The predicted octanol–water partition coefficient (Wildman–Crippen LogP) is 3.86. The molecule has 3 nitrogen and oxygen atoms in total. The Kier molecular flexibility index (Phi) is 5.33. The summed E-state index contributed by atoms with van der Waals surface area (Å²) in [5.41, 5.74) is 0.450. The first kappa shape index (κ1) is 15.5. The third-order valence-corrected chi connectivity index (χ3v) is 3.45. The van der Waals surface area contributed by atoms with Gasteiger partial charge in [0, 0.05) is 12.2 Å². The van der Waals surface area contributed by atoms with Gasteiger partial charge in [0.05, 0.1) is 5.56 Å². The molecule has 0 bridgehead atoms. The normalized spacial score (nSPS) is 11.4. The molecular formula is C15H22FNO2. The highest BCUT2D eigenvalue weighted by Gasteiger charge is 2.18. The summed E-state index contributed by atoms with van der Waals surface area (Å²) >= 11 is 0. The van der Waals surface area contributed by atoms with Crippen LogP contribution in [0.15, 0.2) is 18.2 Å². The van der Waals surface area contributed by atoms with Crippen LogP contribution in [0.25, 0.3) is 0 Å². The fraction of sp³-hybridized carbons (Fsp3) is 0.533. The summed E-state index contributed by atoms with van der Waals surface area (Å²) in [5.74, 6) is -0.214. The molecule has 2 N–H and O–H groups in total. The molecule has 0 aliphatic rings. The lowest BCUT2D eigenvalue weighted by Gasteiger charge is -2.26. The lowest BCUT2D eigenvalue weighted by atomic mass is 9.85. The van der Waals surface area contributed by atoms with Gasteiger partial charge in [-0.2, -0.15) is 0 Å². The van der Waals surface area contributed by atoms with Crippen molar-refractivity contribution in [2.75, 3.05) is 11.9 Å². The van der Waals surface area contributed by atoms with E-state index in [1.165, 1.54) is 12.1 Å². The SMILES string of the molecule is CC(C)C(CNc1ccc(F)cc1C(=O)O)C(C)C. The molecule has 0 aliphatic carbocycles. The second-order valence-corrected chi connectivity index (χ2v) is 5.53. The van der Waals surface area contributed by atoms with Crippen LogP contribution >= 0.6 is 0 Å². The van der Waals surface area contributed by atoms with E-state index in [4.69, 9.17) is 5.11 Å². The number of hydrogen-bond donors (Lipinski definition) is 2. The summed E-state index contributed by atoms with van der Waals surface area (Å²) in [5, 5.41) is 12.2. The Labute approximate surface area is 113 Å². The Balaban J connectivity index is 2.85. The number of carboxylic acid groups (broad SMARTS) is 1. The fourth-order valence-corrected chi connectivity index (χ4v) is 2.32. The largest absolute Gasteiger partial charge is 0.478 e. The highest BCUT2D eigenvalue weighted by molar-refractivity contribution is 5.94. The number of halogens is 1. The molecule has 0 saturated carbocycles. The van der Waals surface area contributed by atoms with E-state index in [9.17, 15) is 9.18 Å². The van der Waals surface area contributed by atoms with Gasteiger partial charge in [0.25, 0.3) is 0 Å². The van der Waals surface area contributed by atoms with Crippen LogP contribution in [0.1, 0.15) is 38.1 Å². The van der Waals surface area contributed by atoms with Crippen LogP contribution in [0.3, 0.4) is 0 Å². The molecule has 0 radical (unpaired) electrons. The number of carbonyl (C=O) groups is 1. The lowest BCUT2D eigenvalue weighted by Crippen LogP contribution is -2.25. The van der Waals surface area contributed by atoms with E-state index in [0.717, 1.165) is 6.07 Å². The molecule has 0 heterocycles. The summed E-state index contributed by atoms with van der Waals surface area (Å²) in [6.07, 6.45) is 0. The van der Waals surface area contributed by atoms with Crippen molar-refractivity contribution in [2.45, 2.75) is 27.7 Å². The Morgan fingerprint density at radius 3 is 2.32 bits per heavy atom. The first-order valence-corrected chi connectivity index (χ1v) is 6.59. The minimum absolute atomic E-state index is 0.0220. The topological polar surface area (TPSA) is 49.3 Å². The van der Waals surface area contributed by atoms with Crippen LogP contribution in [-0.2, 0) is 0 Å². The van der Waals surface area contributed by atoms with Crippen LogP contribution in [0.2, 0.25) is 0 Å². The van der Waals surface area contributed by atoms with Crippen molar-refractivity contribution in [2.24, 2.45) is 17.8 Å². The highest BCUT2D eigenvalue weighted by atomic mass is 19.1. The molecule has 0 unspecified atom stereocenters. The van der Waals surface area contributed by atoms with Crippen molar-refractivity contribution in [3.05, 3.63) is 29.6 Å². The van der Waals surface area contributed by atoms with Crippen molar-refractivity contribution in [1.29, 1.82) is 0 Å². The summed E-state index contributed by atoms with van der Waals surface area (Å²) < 4.78 is 13.1. The number of nitrogens with one attached hydrogen (secondary N) is 1. The quantitative estimate of drug-likeness (QED) is 0.822. The second-order valence-electron chi connectivity index (χ2n) is 5.53. The number of benzene rings is 1. The summed E-state index contributed by atoms with van der Waals surface area (Å²) in [4.78, 5) is 11.1. The average Bonchev–Trinajstić information content (AvgIpc) is 2.29. The summed E-state index contributed by atoms with van der Waals surface area (Å²) in [6.45, 7) is 9.27. The molecule has 1 rings (SSSR count). The summed E-state index contributed by atoms with van der Waals surface area (Å²) in [7, 11) is 0. The highest BCUT2D eigenvalue weighted by Crippen LogP contribution is 2.23. The molecule has 4 heteroatoms. The average molecular weight is 267 g/mol. The number of anilines is 1. The molecule has 0 aromatic heterocycles. The maximum Gasteiger partial charge on any atom is 0.337 e. The van der Waals surface area contributed by atoms with E-state index in [1.807, 2.05) is 0 Å². The lowest BCUT2D eigenvalue weighted by molar-refractivity contribution is 0.0697. The maximum atomic E-state index is 13.1. The van der Waals surface area contributed by atoms with E-state index < -0.39 is 11.8 Å². The van der Waals surface area contributed by atoms with Gasteiger partial charge in [0.1, 0.15) is 5.82 Å². The van der Waals surface area contributed by atoms with Gasteiger partial charge < -0.3 is 10.4 Å². The van der Waals surface area contributed by atoms with E-state index in [0.29, 0.717) is 30.0 Å². The zero-order valence-corrected chi connectivity index (χ0v) is 11.9. The third-order valence-electron chi connectivity index (χ3n) is 3.45. The minimum atomic E-state index is -1.12. The fourth-order valence-electron chi connectivity index (χ4n) is 2.32. The maximum absolute atomic E-state index is 13.1. The number of hydrogen-bond acceptors (Lipinski definition) is 2. The van der Waals surface area contributed by atoms with E-state index in [-0.39, 0.29) is 5.56 Å².